The number of para-hydroxylation sites is 1. The summed E-state index contributed by atoms with van der Waals surface area (Å²) >= 11 is 12.2. The molecule has 0 radical (unpaired) electrons. The third-order valence-electron chi connectivity index (χ3n) is 4.56. The number of nitrogens with zero attached hydrogens (tertiary/aromatic N) is 3. The first-order chi connectivity index (χ1) is 11.7. The number of fused-ring (bicyclic) bond motifs is 1. The summed E-state index contributed by atoms with van der Waals surface area (Å²) in [5, 5.41) is 10.1. The van der Waals surface area contributed by atoms with Crippen molar-refractivity contribution in [2.24, 2.45) is 0 Å². The van der Waals surface area contributed by atoms with E-state index in [4.69, 9.17) is 23.2 Å². The van der Waals surface area contributed by atoms with E-state index in [0.717, 1.165) is 54.3 Å². The van der Waals surface area contributed by atoms with Crippen LogP contribution in [0, 0.1) is 0 Å². The highest BCUT2D eigenvalue weighted by atomic mass is 35.5. The highest BCUT2D eigenvalue weighted by molar-refractivity contribution is 6.35. The van der Waals surface area contributed by atoms with Crippen molar-refractivity contribution >= 4 is 39.8 Å². The van der Waals surface area contributed by atoms with Crippen LogP contribution in [0.5, 0.6) is 0 Å². The summed E-state index contributed by atoms with van der Waals surface area (Å²) in [4.78, 5) is 4.84. The smallest absolute Gasteiger partial charge is 0.111 e. The third-order valence-corrected chi connectivity index (χ3v) is 5.12. The Kier molecular flexibility index (Phi) is 4.35. The van der Waals surface area contributed by atoms with Gasteiger partial charge in [0.25, 0.3) is 0 Å². The fourth-order valence-electron chi connectivity index (χ4n) is 3.22. The number of piperazine rings is 1. The van der Waals surface area contributed by atoms with Gasteiger partial charge in [-0.3, -0.25) is 10.00 Å². The van der Waals surface area contributed by atoms with Gasteiger partial charge in [-0.2, -0.15) is 5.10 Å². The summed E-state index contributed by atoms with van der Waals surface area (Å²) in [6.07, 6.45) is 0. The number of hydrogen-bond donors (Lipinski definition) is 1. The molecule has 1 aliphatic heterocycles. The Bertz CT molecular complexity index is 836. The van der Waals surface area contributed by atoms with Gasteiger partial charge in [0.15, 0.2) is 0 Å². The molecule has 124 valence electrons. The molecule has 4 nitrogen and oxygen atoms in total. The third kappa shape index (κ3) is 3.09. The van der Waals surface area contributed by atoms with Crippen LogP contribution in [0.2, 0.25) is 10.0 Å². The Labute approximate surface area is 151 Å². The van der Waals surface area contributed by atoms with E-state index in [0.29, 0.717) is 5.02 Å². The molecule has 1 saturated heterocycles. The van der Waals surface area contributed by atoms with Gasteiger partial charge in [0.2, 0.25) is 0 Å². The van der Waals surface area contributed by atoms with E-state index in [1.807, 2.05) is 24.3 Å². The fraction of sp³-hybridized carbons (Fsp3) is 0.278. The number of halogens is 2. The van der Waals surface area contributed by atoms with Gasteiger partial charge in [0.05, 0.1) is 10.7 Å². The van der Waals surface area contributed by atoms with Crippen LogP contribution in [0.4, 0.5) is 5.69 Å². The normalized spacial score (nSPS) is 16.0. The molecule has 2 heterocycles. The Morgan fingerprint density at radius 1 is 0.958 bits per heavy atom. The van der Waals surface area contributed by atoms with Crippen LogP contribution in [0.15, 0.2) is 42.5 Å². The van der Waals surface area contributed by atoms with Crippen LogP contribution in [-0.4, -0.2) is 41.3 Å². The molecule has 0 bridgehead atoms. The molecule has 6 heteroatoms. The molecular formula is C18H18Cl2N4. The summed E-state index contributed by atoms with van der Waals surface area (Å²) in [7, 11) is 0. The van der Waals surface area contributed by atoms with Gasteiger partial charge in [-0.05, 0) is 30.3 Å². The standard InChI is InChI=1S/C18H18Cl2N4/c19-13-4-6-14(7-5-13)24-10-8-23(9-11-24)12-17-15-2-1-3-16(20)18(15)22-21-17/h1-7H,8-12H2,(H,21,22). The quantitative estimate of drug-likeness (QED) is 0.760. The predicted octanol–water partition coefficient (Wildman–Crippen LogP) is 4.19. The van der Waals surface area contributed by atoms with Gasteiger partial charge in [0.1, 0.15) is 5.52 Å². The molecular weight excluding hydrogens is 343 g/mol. The molecule has 24 heavy (non-hydrogen) atoms. The minimum Gasteiger partial charge on any atom is -0.369 e. The van der Waals surface area contributed by atoms with E-state index in [-0.39, 0.29) is 0 Å². The Hall–Kier alpha value is -1.75. The molecule has 0 spiro atoms. The number of anilines is 1. The molecule has 1 aliphatic rings. The molecule has 0 atom stereocenters. The zero-order valence-corrected chi connectivity index (χ0v) is 14.7. The average Bonchev–Trinajstić information content (AvgIpc) is 3.01. The summed E-state index contributed by atoms with van der Waals surface area (Å²) in [6.45, 7) is 4.92. The van der Waals surface area contributed by atoms with E-state index >= 15 is 0 Å². The second kappa shape index (κ2) is 6.63. The van der Waals surface area contributed by atoms with E-state index < -0.39 is 0 Å². The topological polar surface area (TPSA) is 35.2 Å². The van der Waals surface area contributed by atoms with Crippen molar-refractivity contribution in [3.63, 3.8) is 0 Å². The minimum atomic E-state index is 0.697. The number of rotatable bonds is 3. The Morgan fingerprint density at radius 3 is 2.46 bits per heavy atom. The van der Waals surface area contributed by atoms with Gasteiger partial charge >= 0.3 is 0 Å². The number of aromatic nitrogens is 2. The van der Waals surface area contributed by atoms with Gasteiger partial charge in [-0.15, -0.1) is 0 Å². The SMILES string of the molecule is Clc1ccc(N2CCN(Cc3[nH]nc4c(Cl)cccc34)CC2)cc1. The molecule has 3 aromatic rings. The Balaban J connectivity index is 1.42. The molecule has 0 aliphatic carbocycles. The molecule has 0 amide bonds. The minimum absolute atomic E-state index is 0.697. The summed E-state index contributed by atoms with van der Waals surface area (Å²) < 4.78 is 0. The molecule has 1 aromatic heterocycles. The summed E-state index contributed by atoms with van der Waals surface area (Å²) in [5.41, 5.74) is 3.22. The van der Waals surface area contributed by atoms with Gasteiger partial charge < -0.3 is 4.90 Å². The largest absolute Gasteiger partial charge is 0.369 e. The lowest BCUT2D eigenvalue weighted by Crippen LogP contribution is -2.46. The van der Waals surface area contributed by atoms with Crippen molar-refractivity contribution in [1.29, 1.82) is 0 Å². The van der Waals surface area contributed by atoms with E-state index in [9.17, 15) is 0 Å². The van der Waals surface area contributed by atoms with Crippen LogP contribution < -0.4 is 4.90 Å². The lowest BCUT2D eigenvalue weighted by atomic mass is 10.2. The van der Waals surface area contributed by atoms with E-state index in [1.165, 1.54) is 5.69 Å². The number of hydrogen-bond acceptors (Lipinski definition) is 3. The Morgan fingerprint density at radius 2 is 1.71 bits per heavy atom. The van der Waals surface area contributed by atoms with Crippen LogP contribution in [0.1, 0.15) is 5.69 Å². The van der Waals surface area contributed by atoms with Crippen LogP contribution in [0.25, 0.3) is 10.9 Å². The zero-order valence-electron chi connectivity index (χ0n) is 13.2. The number of nitrogens with one attached hydrogen (secondary N) is 1. The van der Waals surface area contributed by atoms with Gasteiger partial charge in [0, 0.05) is 48.8 Å². The monoisotopic (exact) mass is 360 g/mol. The highest BCUT2D eigenvalue weighted by Gasteiger charge is 2.19. The van der Waals surface area contributed by atoms with Crippen molar-refractivity contribution in [3.8, 4) is 0 Å². The first kappa shape index (κ1) is 15.8. The molecule has 0 unspecified atom stereocenters. The summed E-state index contributed by atoms with van der Waals surface area (Å²) in [6, 6.07) is 14.0. The second-order valence-electron chi connectivity index (χ2n) is 6.08. The zero-order chi connectivity index (χ0) is 16.5. The average molecular weight is 361 g/mol. The van der Waals surface area contributed by atoms with E-state index in [2.05, 4.69) is 38.2 Å². The molecule has 1 fully saturated rings. The molecule has 2 aromatic carbocycles. The van der Waals surface area contributed by atoms with Crippen molar-refractivity contribution in [2.45, 2.75) is 6.54 Å². The van der Waals surface area contributed by atoms with Crippen molar-refractivity contribution < 1.29 is 0 Å². The maximum absolute atomic E-state index is 6.20. The van der Waals surface area contributed by atoms with E-state index in [1.54, 1.807) is 0 Å². The maximum Gasteiger partial charge on any atom is 0.111 e. The molecule has 4 rings (SSSR count). The maximum atomic E-state index is 6.20. The van der Waals surface area contributed by atoms with Crippen molar-refractivity contribution in [1.82, 2.24) is 15.1 Å². The lowest BCUT2D eigenvalue weighted by molar-refractivity contribution is 0.248. The fourth-order valence-corrected chi connectivity index (χ4v) is 3.56. The van der Waals surface area contributed by atoms with Crippen LogP contribution >= 0.6 is 23.2 Å². The first-order valence-corrected chi connectivity index (χ1v) is 8.80. The van der Waals surface area contributed by atoms with Gasteiger partial charge in [-0.25, -0.2) is 0 Å². The summed E-state index contributed by atoms with van der Waals surface area (Å²) in [5.74, 6) is 0. The van der Waals surface area contributed by atoms with Crippen LogP contribution in [-0.2, 0) is 6.54 Å². The van der Waals surface area contributed by atoms with Gasteiger partial charge in [-0.1, -0.05) is 35.3 Å². The lowest BCUT2D eigenvalue weighted by Gasteiger charge is -2.36. The second-order valence-corrected chi connectivity index (χ2v) is 6.92. The van der Waals surface area contributed by atoms with Crippen LogP contribution in [0.3, 0.4) is 0 Å². The molecule has 0 saturated carbocycles. The van der Waals surface area contributed by atoms with Crippen molar-refractivity contribution in [3.05, 3.63) is 58.2 Å². The molecule has 1 N–H and O–H groups in total. The number of benzene rings is 2. The first-order valence-electron chi connectivity index (χ1n) is 8.05. The number of H-pyrrole nitrogens is 1. The highest BCUT2D eigenvalue weighted by Crippen LogP contribution is 2.25. The number of aromatic amines is 1. The predicted molar refractivity (Wildman–Crippen MR) is 100 cm³/mol. The van der Waals surface area contributed by atoms with Crippen molar-refractivity contribution in [2.75, 3.05) is 31.1 Å².